The van der Waals surface area contributed by atoms with Crippen molar-refractivity contribution >= 4 is 23.4 Å². The van der Waals surface area contributed by atoms with E-state index in [9.17, 15) is 24.5 Å². The predicted octanol–water partition coefficient (Wildman–Crippen LogP) is 1.51. The van der Waals surface area contributed by atoms with Gasteiger partial charge in [0.2, 0.25) is 5.78 Å². The third kappa shape index (κ3) is 2.73. The summed E-state index contributed by atoms with van der Waals surface area (Å²) in [4.78, 5) is 47.5. The zero-order chi connectivity index (χ0) is 19.0. The Balaban J connectivity index is 2.08. The van der Waals surface area contributed by atoms with Crippen molar-refractivity contribution in [2.75, 3.05) is 5.32 Å². The Morgan fingerprint density at radius 3 is 2.42 bits per heavy atom. The number of nitrogens with one attached hydrogen (secondary N) is 1. The molecule has 1 aliphatic heterocycles. The molecule has 9 nitrogen and oxygen atoms in total. The molecule has 1 aromatic heterocycles. The van der Waals surface area contributed by atoms with Gasteiger partial charge in [-0.2, -0.15) is 0 Å². The van der Waals surface area contributed by atoms with E-state index in [-0.39, 0.29) is 22.8 Å². The summed E-state index contributed by atoms with van der Waals surface area (Å²) in [6, 6.07) is 5.65. The highest BCUT2D eigenvalue weighted by Gasteiger charge is 2.32. The Labute approximate surface area is 147 Å². The average molecular weight is 356 g/mol. The van der Waals surface area contributed by atoms with Crippen LogP contribution in [0, 0.1) is 10.1 Å². The maximum absolute atomic E-state index is 12.6. The van der Waals surface area contributed by atoms with Crippen LogP contribution >= 0.6 is 0 Å². The molecule has 1 N–H and O–H groups in total. The number of anilines is 1. The second-order valence-corrected chi connectivity index (χ2v) is 5.88. The number of fused-ring (bicyclic) bond motifs is 1. The largest absolute Gasteiger partial charge is 0.338 e. The molecular weight excluding hydrogens is 340 g/mol. The fraction of sp³-hybridized carbons (Fsp3) is 0.235. The number of nitrogens with zero attached hydrogens (tertiary/aromatic N) is 3. The number of rotatable bonds is 4. The van der Waals surface area contributed by atoms with Gasteiger partial charge < -0.3 is 5.32 Å². The Morgan fingerprint density at radius 1 is 1.19 bits per heavy atom. The molecule has 9 heteroatoms. The second kappa shape index (κ2) is 6.43. The highest BCUT2D eigenvalue weighted by molar-refractivity contribution is 6.19. The number of aromatic nitrogens is 2. The number of nitro benzene ring substituents is 1. The van der Waals surface area contributed by atoms with Crippen LogP contribution in [0.15, 0.2) is 39.6 Å². The summed E-state index contributed by atoms with van der Waals surface area (Å²) in [5, 5.41) is 13.6. The average Bonchev–Trinajstić information content (AvgIpc) is 2.93. The summed E-state index contributed by atoms with van der Waals surface area (Å²) < 4.78 is 2.29. The molecule has 0 aliphatic carbocycles. The van der Waals surface area contributed by atoms with Crippen LogP contribution in [0.5, 0.6) is 0 Å². The first kappa shape index (κ1) is 17.3. The molecule has 134 valence electrons. The van der Waals surface area contributed by atoms with Gasteiger partial charge in [0.25, 0.3) is 11.2 Å². The minimum atomic E-state index is -0.651. The number of carbonyl (C=O) groups is 1. The molecule has 0 unspecified atom stereocenters. The van der Waals surface area contributed by atoms with Gasteiger partial charge in [0.1, 0.15) is 11.4 Å². The molecule has 0 radical (unpaired) electrons. The first-order chi connectivity index (χ1) is 12.3. The smallest absolute Gasteiger partial charge is 0.332 e. The molecule has 26 heavy (non-hydrogen) atoms. The van der Waals surface area contributed by atoms with Gasteiger partial charge in [-0.05, 0) is 30.2 Å². The molecule has 0 saturated carbocycles. The molecule has 1 aromatic carbocycles. The summed E-state index contributed by atoms with van der Waals surface area (Å²) in [5.74, 6) is -0.318. The summed E-state index contributed by atoms with van der Waals surface area (Å²) in [5.41, 5.74) is -0.586. The van der Waals surface area contributed by atoms with Crippen molar-refractivity contribution in [3.63, 3.8) is 0 Å². The Morgan fingerprint density at radius 2 is 1.85 bits per heavy atom. The van der Waals surface area contributed by atoms with Gasteiger partial charge >= 0.3 is 5.69 Å². The Kier molecular flexibility index (Phi) is 4.29. The van der Waals surface area contributed by atoms with Gasteiger partial charge in [-0.25, -0.2) is 4.79 Å². The van der Waals surface area contributed by atoms with Crippen molar-refractivity contribution < 1.29 is 9.72 Å². The quantitative estimate of drug-likeness (QED) is 0.504. The lowest BCUT2D eigenvalue weighted by Crippen LogP contribution is -2.40. The molecule has 1 aliphatic rings. The van der Waals surface area contributed by atoms with Crippen molar-refractivity contribution in [2.45, 2.75) is 19.9 Å². The molecule has 3 rings (SSSR count). The number of hydrogen-bond acceptors (Lipinski definition) is 6. The SMILES string of the molecule is CCCn1c2c(c(=O)n(C)c1=O)C(=O)/C(=C/c1ccc([N+](=O)[O-])cc1)N2. The molecule has 0 fully saturated rings. The first-order valence-electron chi connectivity index (χ1n) is 7.96. The van der Waals surface area contributed by atoms with Gasteiger partial charge in [-0.1, -0.05) is 6.92 Å². The highest BCUT2D eigenvalue weighted by atomic mass is 16.6. The number of nitro groups is 1. The van der Waals surface area contributed by atoms with Crippen LogP contribution in [0.3, 0.4) is 0 Å². The van der Waals surface area contributed by atoms with Crippen LogP contribution < -0.4 is 16.6 Å². The molecule has 0 spiro atoms. The number of allylic oxidation sites excluding steroid dienone is 1. The molecule has 0 saturated heterocycles. The van der Waals surface area contributed by atoms with E-state index in [1.54, 1.807) is 0 Å². The molecule has 0 atom stereocenters. The lowest BCUT2D eigenvalue weighted by molar-refractivity contribution is -0.384. The van der Waals surface area contributed by atoms with Crippen LogP contribution in [0.25, 0.3) is 6.08 Å². The van der Waals surface area contributed by atoms with Gasteiger partial charge in [0.05, 0.1) is 10.6 Å². The van der Waals surface area contributed by atoms with E-state index in [0.29, 0.717) is 18.5 Å². The van der Waals surface area contributed by atoms with Crippen LogP contribution in [-0.4, -0.2) is 19.8 Å². The van der Waals surface area contributed by atoms with E-state index in [1.807, 2.05) is 6.92 Å². The number of carbonyl (C=O) groups excluding carboxylic acids is 1. The van der Waals surface area contributed by atoms with Crippen molar-refractivity contribution in [3.05, 3.63) is 72.0 Å². The fourth-order valence-corrected chi connectivity index (χ4v) is 2.81. The maximum atomic E-state index is 12.6. The summed E-state index contributed by atoms with van der Waals surface area (Å²) in [7, 11) is 1.34. The number of non-ortho nitro benzene ring substituents is 1. The molecule has 0 bridgehead atoms. The van der Waals surface area contributed by atoms with E-state index >= 15 is 0 Å². The standard InChI is InChI=1S/C17H16N4O5/c1-3-8-20-15-13(16(23)19(2)17(20)24)14(22)12(18-15)9-10-4-6-11(7-5-10)21(25)26/h4-7,9,18H,3,8H2,1-2H3/b12-9-. The number of hydrogen-bond donors (Lipinski definition) is 1. The van der Waals surface area contributed by atoms with Gasteiger partial charge in [-0.3, -0.25) is 28.8 Å². The Bertz CT molecular complexity index is 1060. The van der Waals surface area contributed by atoms with Crippen molar-refractivity contribution in [1.29, 1.82) is 0 Å². The number of ketones is 1. The van der Waals surface area contributed by atoms with Gasteiger partial charge in [0, 0.05) is 25.7 Å². The predicted molar refractivity (Wildman–Crippen MR) is 95.3 cm³/mol. The molecular formula is C17H16N4O5. The highest BCUT2D eigenvalue weighted by Crippen LogP contribution is 2.26. The van der Waals surface area contributed by atoms with E-state index in [4.69, 9.17) is 0 Å². The number of benzene rings is 1. The minimum Gasteiger partial charge on any atom is -0.338 e. The second-order valence-electron chi connectivity index (χ2n) is 5.88. The van der Waals surface area contributed by atoms with Gasteiger partial charge in [0.15, 0.2) is 0 Å². The van der Waals surface area contributed by atoms with Gasteiger partial charge in [-0.15, -0.1) is 0 Å². The van der Waals surface area contributed by atoms with Crippen LogP contribution in [-0.2, 0) is 13.6 Å². The maximum Gasteiger partial charge on any atom is 0.332 e. The third-order valence-electron chi connectivity index (χ3n) is 4.13. The van der Waals surface area contributed by atoms with Crippen LogP contribution in [0.2, 0.25) is 0 Å². The molecule has 0 amide bonds. The lowest BCUT2D eigenvalue weighted by atomic mass is 10.1. The summed E-state index contributed by atoms with van der Waals surface area (Å²) >= 11 is 0. The third-order valence-corrected chi connectivity index (χ3v) is 4.13. The lowest BCUT2D eigenvalue weighted by Gasteiger charge is -2.11. The zero-order valence-electron chi connectivity index (χ0n) is 14.2. The first-order valence-corrected chi connectivity index (χ1v) is 7.96. The van der Waals surface area contributed by atoms with Crippen molar-refractivity contribution in [2.24, 2.45) is 7.05 Å². The van der Waals surface area contributed by atoms with E-state index < -0.39 is 22.0 Å². The monoisotopic (exact) mass is 356 g/mol. The van der Waals surface area contributed by atoms with E-state index in [0.717, 1.165) is 4.57 Å². The number of Topliss-reactive ketones (excluding diaryl/α,β-unsaturated/α-hetero) is 1. The minimum absolute atomic E-state index is 0.0632. The summed E-state index contributed by atoms with van der Waals surface area (Å²) in [6.45, 7) is 2.24. The summed E-state index contributed by atoms with van der Waals surface area (Å²) in [6.07, 6.45) is 2.15. The van der Waals surface area contributed by atoms with E-state index in [1.165, 1.54) is 42.0 Å². The molecule has 2 aromatic rings. The van der Waals surface area contributed by atoms with Crippen LogP contribution in [0.1, 0.15) is 29.3 Å². The van der Waals surface area contributed by atoms with E-state index in [2.05, 4.69) is 5.32 Å². The topological polar surface area (TPSA) is 116 Å². The van der Waals surface area contributed by atoms with Crippen molar-refractivity contribution in [1.82, 2.24) is 9.13 Å². The Hall–Kier alpha value is -3.49. The van der Waals surface area contributed by atoms with Crippen molar-refractivity contribution in [3.8, 4) is 0 Å². The van der Waals surface area contributed by atoms with Crippen LogP contribution in [0.4, 0.5) is 11.5 Å². The molecule has 2 heterocycles. The normalized spacial score (nSPS) is 14.4. The fourth-order valence-electron chi connectivity index (χ4n) is 2.81. The zero-order valence-corrected chi connectivity index (χ0v) is 14.2.